The summed E-state index contributed by atoms with van der Waals surface area (Å²) in [7, 11) is 0. The van der Waals surface area contributed by atoms with Crippen molar-refractivity contribution in [2.75, 3.05) is 44.6 Å². The van der Waals surface area contributed by atoms with Crippen molar-refractivity contribution in [3.8, 4) is 11.4 Å². The maximum atomic E-state index is 14.1. The van der Waals surface area contributed by atoms with Gasteiger partial charge in [-0.25, -0.2) is 20.0 Å². The number of nitrogens with zero attached hydrogens (tertiary/aromatic N) is 6. The predicted molar refractivity (Wildman–Crippen MR) is 251 cm³/mol. The summed E-state index contributed by atoms with van der Waals surface area (Å²) >= 11 is 0. The lowest BCUT2D eigenvalue weighted by molar-refractivity contribution is -0.137. The SMILES string of the molecule is NNC=NCCC[C@H](NC(=O)CC1(CC(=O)N2CCN(C3c4ccccc4NC(=O)c4ccccc43)CC2)CCCC1)C(=O)NCCn1c(=O)n(-c2ccccc2)n(-c2ccccc2)c1=O. The Labute approximate surface area is 382 Å². The molecule has 5 aromatic rings. The predicted octanol–water partition coefficient (Wildman–Crippen LogP) is 3.50. The molecule has 8 rings (SSSR count). The highest BCUT2D eigenvalue weighted by molar-refractivity contribution is 6.07. The Kier molecular flexibility index (Phi) is 14.3. The lowest BCUT2D eigenvalue weighted by Crippen LogP contribution is -2.51. The Morgan fingerprint density at radius 2 is 1.38 bits per heavy atom. The van der Waals surface area contributed by atoms with Crippen LogP contribution < -0.4 is 38.6 Å². The molecule has 344 valence electrons. The van der Waals surface area contributed by atoms with Gasteiger partial charge < -0.3 is 26.3 Å². The van der Waals surface area contributed by atoms with Crippen LogP contribution in [0.2, 0.25) is 0 Å². The number of hydrazine groups is 1. The highest BCUT2D eigenvalue weighted by Crippen LogP contribution is 2.45. The van der Waals surface area contributed by atoms with Crippen molar-refractivity contribution in [1.82, 2.24) is 39.8 Å². The Balaban J connectivity index is 0.912. The molecule has 2 fully saturated rings. The quantitative estimate of drug-likeness (QED) is 0.0304. The van der Waals surface area contributed by atoms with E-state index < -0.39 is 28.7 Å². The number of piperazine rings is 1. The van der Waals surface area contributed by atoms with Gasteiger partial charge in [0.05, 0.1) is 23.8 Å². The zero-order valence-corrected chi connectivity index (χ0v) is 36.9. The molecular weight excluding hydrogens is 839 g/mol. The van der Waals surface area contributed by atoms with Crippen LogP contribution in [-0.2, 0) is 20.9 Å². The summed E-state index contributed by atoms with van der Waals surface area (Å²) in [6.07, 6.45) is 5.63. The van der Waals surface area contributed by atoms with E-state index in [1.807, 2.05) is 65.6 Å². The lowest BCUT2D eigenvalue weighted by atomic mass is 9.78. The van der Waals surface area contributed by atoms with E-state index in [0.717, 1.165) is 47.1 Å². The first-order chi connectivity index (χ1) is 32.2. The summed E-state index contributed by atoms with van der Waals surface area (Å²) in [4.78, 5) is 91.1. The fraction of sp³-hybridized carbons (Fsp3) is 0.367. The first kappa shape index (κ1) is 45.5. The van der Waals surface area contributed by atoms with Crippen LogP contribution >= 0.6 is 0 Å². The van der Waals surface area contributed by atoms with Crippen LogP contribution in [0.3, 0.4) is 0 Å². The van der Waals surface area contributed by atoms with Crippen LogP contribution in [0, 0.1) is 5.41 Å². The standard InChI is InChI=1S/C49H57N11O6/c50-53-34-51-25-13-22-41(46(64)52-26-27-58-47(65)59(35-14-3-1-4-15-35)60(48(58)66)36-16-5-2-6-17-36)54-42(61)32-49(23-11-12-24-49)33-43(62)56-28-30-57(31-29-56)44-37-18-7-8-19-38(37)45(63)55-40-21-10-9-20-39(40)44/h1-10,14-21,34,41,44H,11-13,22-33,50H2,(H,51,53)(H,52,64)(H,54,61)(H,55,63)/t41-,44?/m0/s1. The Morgan fingerprint density at radius 1 is 0.773 bits per heavy atom. The zero-order valence-electron chi connectivity index (χ0n) is 36.9. The van der Waals surface area contributed by atoms with Crippen LogP contribution in [0.1, 0.15) is 78.9 Å². The number of anilines is 1. The number of nitrogens with one attached hydrogen (secondary N) is 4. The van der Waals surface area contributed by atoms with Crippen molar-refractivity contribution >= 4 is 35.7 Å². The molecule has 2 atom stereocenters. The number of carbonyl (C=O) groups excluding carboxylic acids is 4. The van der Waals surface area contributed by atoms with Crippen molar-refractivity contribution in [3.05, 3.63) is 147 Å². The third-order valence-electron chi connectivity index (χ3n) is 13.0. The molecule has 0 radical (unpaired) electrons. The van der Waals surface area contributed by atoms with Gasteiger partial charge in [-0.05, 0) is 78.6 Å². The number of rotatable bonds is 17. The first-order valence-electron chi connectivity index (χ1n) is 22.7. The molecule has 1 unspecified atom stereocenters. The Morgan fingerprint density at radius 3 is 2.03 bits per heavy atom. The normalized spacial score (nSPS) is 17.3. The fourth-order valence-electron chi connectivity index (χ4n) is 9.78. The number of para-hydroxylation sites is 3. The third-order valence-corrected chi connectivity index (χ3v) is 13.0. The van der Waals surface area contributed by atoms with Gasteiger partial charge >= 0.3 is 11.4 Å². The molecule has 0 spiro atoms. The van der Waals surface area contributed by atoms with Crippen molar-refractivity contribution in [3.63, 3.8) is 0 Å². The van der Waals surface area contributed by atoms with Crippen LogP contribution in [-0.4, -0.2) is 99.0 Å². The minimum atomic E-state index is -0.933. The maximum Gasteiger partial charge on any atom is 0.352 e. The number of aromatic nitrogens is 3. The highest BCUT2D eigenvalue weighted by Gasteiger charge is 2.41. The van der Waals surface area contributed by atoms with Gasteiger partial charge in [0.25, 0.3) is 5.91 Å². The molecule has 66 heavy (non-hydrogen) atoms. The van der Waals surface area contributed by atoms with E-state index in [4.69, 9.17) is 5.84 Å². The monoisotopic (exact) mass is 895 g/mol. The van der Waals surface area contributed by atoms with E-state index in [0.29, 0.717) is 56.1 Å². The van der Waals surface area contributed by atoms with Crippen molar-refractivity contribution in [1.29, 1.82) is 0 Å². The number of hydrogen-bond acceptors (Lipinski definition) is 9. The summed E-state index contributed by atoms with van der Waals surface area (Å²) in [5.41, 5.74) is 5.06. The molecule has 0 bridgehead atoms. The van der Waals surface area contributed by atoms with Crippen LogP contribution in [0.15, 0.2) is 124 Å². The number of nitrogens with two attached hydrogens (primary N) is 1. The molecule has 2 aliphatic heterocycles. The Hall–Kier alpha value is -7.11. The second kappa shape index (κ2) is 20.8. The highest BCUT2D eigenvalue weighted by atomic mass is 16.2. The molecule has 4 amide bonds. The van der Waals surface area contributed by atoms with Crippen LogP contribution in [0.4, 0.5) is 5.69 Å². The number of carbonyl (C=O) groups is 4. The van der Waals surface area contributed by atoms with Gasteiger partial charge in [0.2, 0.25) is 17.7 Å². The summed E-state index contributed by atoms with van der Waals surface area (Å²) < 4.78 is 3.70. The van der Waals surface area contributed by atoms with E-state index >= 15 is 0 Å². The van der Waals surface area contributed by atoms with Gasteiger partial charge in [-0.2, -0.15) is 9.36 Å². The maximum absolute atomic E-state index is 14.1. The summed E-state index contributed by atoms with van der Waals surface area (Å²) in [6, 6.07) is 32.2. The average Bonchev–Trinajstić information content (AvgIpc) is 3.85. The molecule has 4 aromatic carbocycles. The number of aliphatic imine (C=N–C) groups is 1. The average molecular weight is 896 g/mol. The minimum Gasteiger partial charge on any atom is -0.353 e. The third kappa shape index (κ3) is 10.1. The summed E-state index contributed by atoms with van der Waals surface area (Å²) in [5, 5.41) is 8.89. The second-order valence-corrected chi connectivity index (χ2v) is 17.3. The first-order valence-corrected chi connectivity index (χ1v) is 22.7. The van der Waals surface area contributed by atoms with Gasteiger partial charge in [0.15, 0.2) is 0 Å². The molecule has 3 aliphatic rings. The molecule has 17 heteroatoms. The molecule has 1 saturated heterocycles. The molecule has 17 nitrogen and oxygen atoms in total. The van der Waals surface area contributed by atoms with Crippen molar-refractivity contribution in [2.24, 2.45) is 16.3 Å². The zero-order chi connectivity index (χ0) is 46.0. The number of benzene rings is 4. The van der Waals surface area contributed by atoms with E-state index in [9.17, 15) is 28.8 Å². The van der Waals surface area contributed by atoms with Gasteiger partial charge in [-0.1, -0.05) is 85.6 Å². The minimum absolute atomic E-state index is 0.00574. The van der Waals surface area contributed by atoms with Crippen molar-refractivity contribution < 1.29 is 19.2 Å². The summed E-state index contributed by atoms with van der Waals surface area (Å²) in [6.45, 7) is 2.43. The lowest BCUT2D eigenvalue weighted by Gasteiger charge is -2.41. The fourth-order valence-corrected chi connectivity index (χ4v) is 9.78. The van der Waals surface area contributed by atoms with Crippen molar-refractivity contribution in [2.45, 2.75) is 70.0 Å². The molecule has 1 aliphatic carbocycles. The molecule has 6 N–H and O–H groups in total. The second-order valence-electron chi connectivity index (χ2n) is 17.3. The van der Waals surface area contributed by atoms with E-state index in [-0.39, 0.29) is 56.1 Å². The number of fused-ring (bicyclic) bond motifs is 2. The van der Waals surface area contributed by atoms with Gasteiger partial charge in [-0.15, -0.1) is 0 Å². The van der Waals surface area contributed by atoms with E-state index in [1.54, 1.807) is 48.5 Å². The smallest absolute Gasteiger partial charge is 0.352 e. The topological polar surface area (TPSA) is 210 Å². The Bertz CT molecular complexity index is 2590. The molecule has 1 aromatic heterocycles. The van der Waals surface area contributed by atoms with Crippen LogP contribution in [0.25, 0.3) is 11.4 Å². The number of amides is 4. The summed E-state index contributed by atoms with van der Waals surface area (Å²) in [5.74, 6) is 4.41. The van der Waals surface area contributed by atoms with E-state index in [2.05, 4.69) is 31.3 Å². The molecule has 3 heterocycles. The largest absolute Gasteiger partial charge is 0.353 e. The molecule has 1 saturated carbocycles. The van der Waals surface area contributed by atoms with E-state index in [1.165, 1.54) is 15.7 Å². The van der Waals surface area contributed by atoms with Crippen LogP contribution in [0.5, 0.6) is 0 Å². The molecular formula is C49H57N11O6. The number of hydrogen-bond donors (Lipinski definition) is 5. The van der Waals surface area contributed by atoms with Gasteiger partial charge in [-0.3, -0.25) is 29.1 Å². The van der Waals surface area contributed by atoms with Gasteiger partial charge in [0, 0.05) is 69.9 Å². The van der Waals surface area contributed by atoms with Gasteiger partial charge in [0.1, 0.15) is 6.04 Å².